The molecule has 0 bridgehead atoms. The Balaban J connectivity index is 1.34. The molecule has 0 unspecified atom stereocenters. The highest BCUT2D eigenvalue weighted by molar-refractivity contribution is 7.27. The van der Waals surface area contributed by atoms with Gasteiger partial charge >= 0.3 is 0 Å². The molecule has 2 heterocycles. The average molecular weight is 616 g/mol. The molecule has 0 fully saturated rings. The highest BCUT2D eigenvalue weighted by Gasteiger charge is 2.21. The first-order chi connectivity index (χ1) is 23.3. The molecule has 0 aliphatic heterocycles. The summed E-state index contributed by atoms with van der Waals surface area (Å²) in [5, 5.41) is 12.2. The van der Waals surface area contributed by atoms with Crippen LogP contribution < -0.4 is 0 Å². The minimum atomic E-state index is 0.663. The normalized spacial score (nSPS) is 11.8. The van der Waals surface area contributed by atoms with Gasteiger partial charge in [0.05, 0.1) is 0 Å². The van der Waals surface area contributed by atoms with Crippen molar-refractivity contribution in [3.05, 3.63) is 152 Å². The maximum atomic E-state index is 5.26. The Labute approximate surface area is 274 Å². The number of hydrogen-bond acceptors (Lipinski definition) is 4. The lowest BCUT2D eigenvalue weighted by Crippen LogP contribution is -2.00. The molecular weight excluding hydrogens is 591 g/mol. The summed E-state index contributed by atoms with van der Waals surface area (Å²) < 4.78 is 2.54. The standard InChI is InChI=1S/C43H25N3S/c1-2-13-29(14-3-1)41-44-42(32-21-18-26-10-4-5-15-30(26)24-32)46-43(45-41)36-25-31-20-19-27-11-6-8-16-33(27)37(31)40-38(36)35-23-22-28-12-7-9-17-34(28)39(35)47-40/h1-25H. The number of fused-ring (bicyclic) bond motifs is 10. The summed E-state index contributed by atoms with van der Waals surface area (Å²) in [7, 11) is 0. The van der Waals surface area contributed by atoms with Gasteiger partial charge in [0, 0.05) is 42.2 Å². The van der Waals surface area contributed by atoms with Crippen molar-refractivity contribution < 1.29 is 0 Å². The lowest BCUT2D eigenvalue weighted by molar-refractivity contribution is 1.08. The fraction of sp³-hybridized carbons (Fsp3) is 0. The largest absolute Gasteiger partial charge is 0.208 e. The molecular formula is C43H25N3S. The van der Waals surface area contributed by atoms with Crippen LogP contribution in [0.3, 0.4) is 0 Å². The lowest BCUT2D eigenvalue weighted by Gasteiger charge is -2.12. The van der Waals surface area contributed by atoms with E-state index in [2.05, 4.69) is 133 Å². The van der Waals surface area contributed by atoms with Crippen LogP contribution in [0.15, 0.2) is 152 Å². The SMILES string of the molecule is c1ccc(-c2nc(-c3ccc4ccccc4c3)nc(-c3cc4ccc5ccccc5c4c4sc5c6ccccc6ccc5c34)n2)cc1. The summed E-state index contributed by atoms with van der Waals surface area (Å²) in [5.74, 6) is 2.00. The number of benzene rings is 8. The summed E-state index contributed by atoms with van der Waals surface area (Å²) in [6.07, 6.45) is 0. The van der Waals surface area contributed by atoms with Crippen molar-refractivity contribution in [2.45, 2.75) is 0 Å². The first kappa shape index (κ1) is 26.3. The lowest BCUT2D eigenvalue weighted by atomic mass is 9.95. The molecule has 0 atom stereocenters. The molecule has 0 N–H and O–H groups in total. The van der Waals surface area contributed by atoms with Crippen LogP contribution in [0.25, 0.3) is 97.4 Å². The first-order valence-corrected chi connectivity index (χ1v) is 16.6. The van der Waals surface area contributed by atoms with Gasteiger partial charge < -0.3 is 0 Å². The van der Waals surface area contributed by atoms with Crippen molar-refractivity contribution >= 4 is 74.6 Å². The van der Waals surface area contributed by atoms with Gasteiger partial charge in [-0.3, -0.25) is 0 Å². The average Bonchev–Trinajstić information content (AvgIpc) is 3.54. The summed E-state index contributed by atoms with van der Waals surface area (Å²) in [6, 6.07) is 53.7. The summed E-state index contributed by atoms with van der Waals surface area (Å²) >= 11 is 1.88. The van der Waals surface area contributed by atoms with Gasteiger partial charge in [0.1, 0.15) is 0 Å². The highest BCUT2D eigenvalue weighted by atomic mass is 32.1. The second-order valence-corrected chi connectivity index (χ2v) is 13.0. The van der Waals surface area contributed by atoms with Crippen molar-refractivity contribution in [3.8, 4) is 34.2 Å². The molecule has 0 aliphatic rings. The van der Waals surface area contributed by atoms with E-state index in [1.807, 2.05) is 29.5 Å². The Hall–Kier alpha value is -5.97. The maximum Gasteiger partial charge on any atom is 0.164 e. The number of rotatable bonds is 3. The molecule has 2 aromatic heterocycles. The highest BCUT2D eigenvalue weighted by Crippen LogP contribution is 2.47. The van der Waals surface area contributed by atoms with Crippen molar-refractivity contribution in [1.82, 2.24) is 15.0 Å². The quantitative estimate of drug-likeness (QED) is 0.186. The molecule has 0 radical (unpaired) electrons. The van der Waals surface area contributed by atoms with Crippen LogP contribution in [0.1, 0.15) is 0 Å². The molecule has 0 saturated carbocycles. The Morgan fingerprint density at radius 2 is 0.936 bits per heavy atom. The van der Waals surface area contributed by atoms with E-state index in [9.17, 15) is 0 Å². The molecule has 218 valence electrons. The molecule has 3 nitrogen and oxygen atoms in total. The van der Waals surface area contributed by atoms with Crippen LogP contribution in [-0.2, 0) is 0 Å². The third-order valence-corrected chi connectivity index (χ3v) is 10.5. The molecule has 47 heavy (non-hydrogen) atoms. The van der Waals surface area contributed by atoms with Gasteiger partial charge in [0.2, 0.25) is 0 Å². The number of hydrogen-bond donors (Lipinski definition) is 0. The summed E-state index contributed by atoms with van der Waals surface area (Å²) in [6.45, 7) is 0. The topological polar surface area (TPSA) is 38.7 Å². The number of aromatic nitrogens is 3. The van der Waals surface area contributed by atoms with Gasteiger partial charge in [-0.15, -0.1) is 11.3 Å². The minimum absolute atomic E-state index is 0.663. The summed E-state index contributed by atoms with van der Waals surface area (Å²) in [4.78, 5) is 15.5. The van der Waals surface area contributed by atoms with E-state index < -0.39 is 0 Å². The van der Waals surface area contributed by atoms with Crippen LogP contribution in [0, 0.1) is 0 Å². The van der Waals surface area contributed by atoms with E-state index in [4.69, 9.17) is 15.0 Å². The molecule has 0 spiro atoms. The van der Waals surface area contributed by atoms with Gasteiger partial charge in [-0.1, -0.05) is 140 Å². The Kier molecular flexibility index (Phi) is 5.74. The van der Waals surface area contributed by atoms with Crippen LogP contribution in [0.2, 0.25) is 0 Å². The smallest absolute Gasteiger partial charge is 0.164 e. The van der Waals surface area contributed by atoms with E-state index >= 15 is 0 Å². The van der Waals surface area contributed by atoms with Gasteiger partial charge in [-0.05, 0) is 49.8 Å². The van der Waals surface area contributed by atoms with Crippen LogP contribution >= 0.6 is 11.3 Å². The number of thiophene rings is 1. The van der Waals surface area contributed by atoms with Crippen LogP contribution in [0.5, 0.6) is 0 Å². The zero-order chi connectivity index (χ0) is 30.9. The maximum absolute atomic E-state index is 5.26. The van der Waals surface area contributed by atoms with Crippen molar-refractivity contribution in [3.63, 3.8) is 0 Å². The van der Waals surface area contributed by atoms with Gasteiger partial charge in [-0.2, -0.15) is 0 Å². The van der Waals surface area contributed by atoms with Crippen LogP contribution in [-0.4, -0.2) is 15.0 Å². The third kappa shape index (κ3) is 4.16. The Morgan fingerprint density at radius 1 is 0.340 bits per heavy atom. The van der Waals surface area contributed by atoms with E-state index in [1.54, 1.807) is 0 Å². The first-order valence-electron chi connectivity index (χ1n) is 15.8. The predicted molar refractivity (Wildman–Crippen MR) is 199 cm³/mol. The second kappa shape index (κ2) is 10.3. The van der Waals surface area contributed by atoms with E-state index in [0.29, 0.717) is 17.5 Å². The zero-order valence-corrected chi connectivity index (χ0v) is 26.0. The molecule has 0 amide bonds. The molecule has 0 aliphatic carbocycles. The van der Waals surface area contributed by atoms with Crippen molar-refractivity contribution in [1.29, 1.82) is 0 Å². The van der Waals surface area contributed by atoms with Crippen molar-refractivity contribution in [2.24, 2.45) is 0 Å². The van der Waals surface area contributed by atoms with E-state index in [0.717, 1.165) is 22.1 Å². The predicted octanol–water partition coefficient (Wildman–Crippen LogP) is 11.9. The van der Waals surface area contributed by atoms with E-state index in [1.165, 1.54) is 57.9 Å². The van der Waals surface area contributed by atoms with Crippen LogP contribution in [0.4, 0.5) is 0 Å². The zero-order valence-electron chi connectivity index (χ0n) is 25.2. The third-order valence-electron chi connectivity index (χ3n) is 9.25. The Bertz CT molecular complexity index is 2850. The number of nitrogens with zero attached hydrogens (tertiary/aromatic N) is 3. The fourth-order valence-electron chi connectivity index (χ4n) is 7.01. The van der Waals surface area contributed by atoms with E-state index in [-0.39, 0.29) is 0 Å². The monoisotopic (exact) mass is 615 g/mol. The Morgan fingerprint density at radius 3 is 1.77 bits per heavy atom. The van der Waals surface area contributed by atoms with Gasteiger partial charge in [0.25, 0.3) is 0 Å². The molecule has 0 saturated heterocycles. The minimum Gasteiger partial charge on any atom is -0.208 e. The molecule has 10 rings (SSSR count). The molecule has 4 heteroatoms. The molecule has 10 aromatic rings. The van der Waals surface area contributed by atoms with Gasteiger partial charge in [-0.25, -0.2) is 15.0 Å². The molecule has 8 aromatic carbocycles. The van der Waals surface area contributed by atoms with Gasteiger partial charge in [0.15, 0.2) is 17.5 Å². The summed E-state index contributed by atoms with van der Waals surface area (Å²) in [5.41, 5.74) is 2.95. The fourth-order valence-corrected chi connectivity index (χ4v) is 8.44. The van der Waals surface area contributed by atoms with Crippen molar-refractivity contribution in [2.75, 3.05) is 0 Å². The second-order valence-electron chi connectivity index (χ2n) is 12.0.